The van der Waals surface area contributed by atoms with Crippen LogP contribution in [0.3, 0.4) is 0 Å². The van der Waals surface area contributed by atoms with E-state index in [0.717, 1.165) is 5.01 Å². The van der Waals surface area contributed by atoms with Crippen LogP contribution in [0.4, 0.5) is 5.69 Å². The van der Waals surface area contributed by atoms with Crippen molar-refractivity contribution in [2.75, 3.05) is 5.32 Å². The largest absolute Gasteiger partial charge is 0.477 e. The summed E-state index contributed by atoms with van der Waals surface area (Å²) in [5, 5.41) is 14.0. The van der Waals surface area contributed by atoms with Gasteiger partial charge in [0.15, 0.2) is 0 Å². The van der Waals surface area contributed by atoms with E-state index in [1.807, 2.05) is 6.92 Å². The summed E-state index contributed by atoms with van der Waals surface area (Å²) in [6.07, 6.45) is 1.54. The minimum Gasteiger partial charge on any atom is -0.477 e. The molecule has 2 rings (SSSR count). The molecule has 0 saturated heterocycles. The number of carboxylic acid groups (broad SMARTS) is 1. The van der Waals surface area contributed by atoms with Crippen molar-refractivity contribution < 1.29 is 14.7 Å². The third-order valence-corrected chi connectivity index (χ3v) is 3.11. The molecule has 0 spiro atoms. The van der Waals surface area contributed by atoms with Gasteiger partial charge < -0.3 is 15.0 Å². The highest BCUT2D eigenvalue weighted by atomic mass is 32.1. The van der Waals surface area contributed by atoms with Crippen LogP contribution >= 0.6 is 11.3 Å². The molecule has 18 heavy (non-hydrogen) atoms. The zero-order valence-electron chi connectivity index (χ0n) is 9.80. The molecule has 0 aromatic carbocycles. The molecule has 0 unspecified atom stereocenters. The van der Waals surface area contributed by atoms with E-state index in [0.29, 0.717) is 11.4 Å². The van der Waals surface area contributed by atoms with Crippen LogP contribution in [-0.2, 0) is 7.05 Å². The summed E-state index contributed by atoms with van der Waals surface area (Å²) >= 11 is 1.39. The van der Waals surface area contributed by atoms with Gasteiger partial charge in [0, 0.05) is 18.6 Å². The van der Waals surface area contributed by atoms with E-state index in [1.54, 1.807) is 18.6 Å². The molecule has 0 aliphatic carbocycles. The van der Waals surface area contributed by atoms with Gasteiger partial charge >= 0.3 is 5.97 Å². The van der Waals surface area contributed by atoms with Crippen molar-refractivity contribution in [3.63, 3.8) is 0 Å². The Bertz CT molecular complexity index is 615. The van der Waals surface area contributed by atoms with Crippen molar-refractivity contribution in [1.29, 1.82) is 0 Å². The third-order valence-electron chi connectivity index (χ3n) is 2.33. The van der Waals surface area contributed by atoms with Gasteiger partial charge in [-0.25, -0.2) is 9.78 Å². The third kappa shape index (κ3) is 2.40. The number of anilines is 1. The molecule has 0 aliphatic heterocycles. The molecular formula is C11H11N3O3S. The van der Waals surface area contributed by atoms with Gasteiger partial charge in [-0.2, -0.15) is 0 Å². The normalized spacial score (nSPS) is 10.3. The van der Waals surface area contributed by atoms with Crippen molar-refractivity contribution in [3.05, 3.63) is 34.0 Å². The number of carboxylic acids is 1. The fourth-order valence-electron chi connectivity index (χ4n) is 1.51. The van der Waals surface area contributed by atoms with Crippen LogP contribution < -0.4 is 5.32 Å². The summed E-state index contributed by atoms with van der Waals surface area (Å²) in [6.45, 7) is 1.81. The maximum absolute atomic E-state index is 11.8. The van der Waals surface area contributed by atoms with Crippen molar-refractivity contribution in [1.82, 2.24) is 9.55 Å². The molecule has 2 aromatic rings. The molecular weight excluding hydrogens is 254 g/mol. The van der Waals surface area contributed by atoms with Crippen molar-refractivity contribution in [2.24, 2.45) is 7.05 Å². The lowest BCUT2D eigenvalue weighted by Crippen LogP contribution is -2.11. The van der Waals surface area contributed by atoms with Gasteiger partial charge in [-0.15, -0.1) is 11.3 Å². The minimum atomic E-state index is -1.04. The second-order valence-corrected chi connectivity index (χ2v) is 4.80. The number of aromatic nitrogens is 2. The number of nitrogens with one attached hydrogen (secondary N) is 1. The topological polar surface area (TPSA) is 84.2 Å². The highest BCUT2D eigenvalue weighted by Gasteiger charge is 2.14. The van der Waals surface area contributed by atoms with Gasteiger partial charge in [0.1, 0.15) is 11.4 Å². The number of aromatic carboxylic acids is 1. The number of carbonyl (C=O) groups is 2. The highest BCUT2D eigenvalue weighted by molar-refractivity contribution is 7.09. The summed E-state index contributed by atoms with van der Waals surface area (Å²) < 4.78 is 1.43. The quantitative estimate of drug-likeness (QED) is 0.885. The molecule has 2 aromatic heterocycles. The summed E-state index contributed by atoms with van der Waals surface area (Å²) in [7, 11) is 1.60. The van der Waals surface area contributed by atoms with Crippen LogP contribution in [-0.4, -0.2) is 26.5 Å². The summed E-state index contributed by atoms with van der Waals surface area (Å²) in [5.74, 6) is -1.38. The van der Waals surface area contributed by atoms with Crippen LogP contribution in [0.5, 0.6) is 0 Å². The molecule has 1 amide bonds. The van der Waals surface area contributed by atoms with E-state index in [4.69, 9.17) is 5.11 Å². The predicted molar refractivity (Wildman–Crippen MR) is 67.2 cm³/mol. The summed E-state index contributed by atoms with van der Waals surface area (Å²) in [6, 6.07) is 1.40. The molecule has 0 atom stereocenters. The number of aryl methyl sites for hydroxylation is 2. The zero-order chi connectivity index (χ0) is 13.3. The smallest absolute Gasteiger partial charge is 0.352 e. The first-order valence-corrected chi connectivity index (χ1v) is 5.98. The zero-order valence-corrected chi connectivity index (χ0v) is 10.6. The Morgan fingerprint density at radius 1 is 1.50 bits per heavy atom. The van der Waals surface area contributed by atoms with E-state index in [9.17, 15) is 9.59 Å². The molecule has 94 valence electrons. The number of amides is 1. The molecule has 6 nitrogen and oxygen atoms in total. The first-order chi connectivity index (χ1) is 8.47. The SMILES string of the molecule is Cc1nc(C(=O)Nc2cc(C(=O)O)n(C)c2)cs1. The van der Waals surface area contributed by atoms with E-state index in [-0.39, 0.29) is 11.6 Å². The molecule has 2 heterocycles. The van der Waals surface area contributed by atoms with Crippen LogP contribution in [0, 0.1) is 6.92 Å². The second-order valence-electron chi connectivity index (χ2n) is 3.74. The Hall–Kier alpha value is -2.15. The Morgan fingerprint density at radius 3 is 2.72 bits per heavy atom. The van der Waals surface area contributed by atoms with Crippen LogP contribution in [0.2, 0.25) is 0 Å². The molecule has 0 fully saturated rings. The number of rotatable bonds is 3. The van der Waals surface area contributed by atoms with Crippen molar-refractivity contribution in [3.8, 4) is 0 Å². The fraction of sp³-hybridized carbons (Fsp3) is 0.182. The maximum Gasteiger partial charge on any atom is 0.352 e. The number of hydrogen-bond donors (Lipinski definition) is 2. The average molecular weight is 265 g/mol. The molecule has 7 heteroatoms. The summed E-state index contributed by atoms with van der Waals surface area (Å²) in [5.41, 5.74) is 0.878. The minimum absolute atomic E-state index is 0.111. The first-order valence-electron chi connectivity index (χ1n) is 5.10. The van der Waals surface area contributed by atoms with Gasteiger partial charge in [0.25, 0.3) is 5.91 Å². The van der Waals surface area contributed by atoms with Gasteiger partial charge in [0.05, 0.1) is 10.7 Å². The Kier molecular flexibility index (Phi) is 3.15. The lowest BCUT2D eigenvalue weighted by Gasteiger charge is -1.98. The van der Waals surface area contributed by atoms with E-state index in [2.05, 4.69) is 10.3 Å². The predicted octanol–water partition coefficient (Wildman–Crippen LogP) is 1.74. The van der Waals surface area contributed by atoms with Gasteiger partial charge in [-0.3, -0.25) is 4.79 Å². The van der Waals surface area contributed by atoms with Crippen LogP contribution in [0.25, 0.3) is 0 Å². The van der Waals surface area contributed by atoms with E-state index < -0.39 is 5.97 Å². The molecule has 0 radical (unpaired) electrons. The second kappa shape index (κ2) is 4.61. The Labute approximate surface area is 107 Å². The lowest BCUT2D eigenvalue weighted by molar-refractivity contribution is 0.0686. The van der Waals surface area contributed by atoms with Gasteiger partial charge in [-0.1, -0.05) is 0 Å². The lowest BCUT2D eigenvalue weighted by atomic mass is 10.4. The number of thiazole rings is 1. The summed E-state index contributed by atoms with van der Waals surface area (Å²) in [4.78, 5) is 26.7. The van der Waals surface area contributed by atoms with Crippen LogP contribution in [0.15, 0.2) is 17.6 Å². The fourth-order valence-corrected chi connectivity index (χ4v) is 2.10. The van der Waals surface area contributed by atoms with Crippen molar-refractivity contribution >= 4 is 28.9 Å². The molecule has 0 bridgehead atoms. The van der Waals surface area contributed by atoms with E-state index in [1.165, 1.54) is 22.0 Å². The maximum atomic E-state index is 11.8. The number of carbonyl (C=O) groups excluding carboxylic acids is 1. The molecule has 0 aliphatic rings. The van der Waals surface area contributed by atoms with Crippen molar-refractivity contribution in [2.45, 2.75) is 6.92 Å². The number of nitrogens with zero attached hydrogens (tertiary/aromatic N) is 2. The Balaban J connectivity index is 2.17. The first kappa shape index (κ1) is 12.3. The van der Waals surface area contributed by atoms with Gasteiger partial charge in [-0.05, 0) is 13.0 Å². The van der Waals surface area contributed by atoms with E-state index >= 15 is 0 Å². The average Bonchev–Trinajstić information content (AvgIpc) is 2.85. The standard InChI is InChI=1S/C11H11N3O3S/c1-6-12-8(5-18-6)10(15)13-7-3-9(11(16)17)14(2)4-7/h3-5H,1-2H3,(H,13,15)(H,16,17). The molecule has 0 saturated carbocycles. The Morgan fingerprint density at radius 2 is 2.22 bits per heavy atom. The molecule has 2 N–H and O–H groups in total. The van der Waals surface area contributed by atoms with Crippen LogP contribution in [0.1, 0.15) is 26.0 Å². The van der Waals surface area contributed by atoms with Gasteiger partial charge in [0.2, 0.25) is 0 Å². The number of hydrogen-bond acceptors (Lipinski definition) is 4. The monoisotopic (exact) mass is 265 g/mol. The highest BCUT2D eigenvalue weighted by Crippen LogP contribution is 2.15.